The Balaban J connectivity index is 2.01. The fraction of sp³-hybridized carbons (Fsp3) is 0.727. The number of likely N-dealkylation sites (tertiary alicyclic amines) is 1. The average Bonchev–Trinajstić information content (AvgIpc) is 2.69. The maximum atomic E-state index is 5.85. The first kappa shape index (κ1) is 11.0. The van der Waals surface area contributed by atoms with Gasteiger partial charge in [-0.3, -0.25) is 0 Å². The van der Waals surface area contributed by atoms with E-state index >= 15 is 0 Å². The van der Waals surface area contributed by atoms with Crippen molar-refractivity contribution in [3.8, 4) is 0 Å². The Labute approximate surface area is 96.0 Å². The SMILES string of the molecule is CN1CCCCC1Cn1cncc1CCl. The molecule has 1 atom stereocenters. The number of likely N-dealkylation sites (N-methyl/N-ethyl adjacent to an activating group) is 1. The maximum Gasteiger partial charge on any atom is 0.0949 e. The monoisotopic (exact) mass is 227 g/mol. The van der Waals surface area contributed by atoms with Crippen LogP contribution in [0.5, 0.6) is 0 Å². The van der Waals surface area contributed by atoms with E-state index in [-0.39, 0.29) is 0 Å². The van der Waals surface area contributed by atoms with Gasteiger partial charge in [0.1, 0.15) is 0 Å². The van der Waals surface area contributed by atoms with Crippen molar-refractivity contribution in [2.75, 3.05) is 13.6 Å². The van der Waals surface area contributed by atoms with Crippen molar-refractivity contribution in [3.05, 3.63) is 18.2 Å². The van der Waals surface area contributed by atoms with E-state index in [1.807, 2.05) is 12.5 Å². The summed E-state index contributed by atoms with van der Waals surface area (Å²) in [5.74, 6) is 0.552. The van der Waals surface area contributed by atoms with Gasteiger partial charge in [-0.05, 0) is 26.4 Å². The smallest absolute Gasteiger partial charge is 0.0949 e. The van der Waals surface area contributed by atoms with E-state index in [2.05, 4.69) is 21.5 Å². The quantitative estimate of drug-likeness (QED) is 0.738. The van der Waals surface area contributed by atoms with Crippen molar-refractivity contribution in [2.45, 2.75) is 37.7 Å². The predicted molar refractivity (Wildman–Crippen MR) is 62.1 cm³/mol. The number of hydrogen-bond acceptors (Lipinski definition) is 2. The first-order valence-corrected chi connectivity index (χ1v) is 6.10. The number of halogens is 1. The van der Waals surface area contributed by atoms with Crippen LogP contribution in [0.25, 0.3) is 0 Å². The van der Waals surface area contributed by atoms with E-state index in [0.29, 0.717) is 11.9 Å². The molecular weight excluding hydrogens is 210 g/mol. The molecule has 1 aromatic rings. The number of imidazole rings is 1. The molecule has 0 spiro atoms. The van der Waals surface area contributed by atoms with Crippen LogP contribution in [-0.2, 0) is 12.4 Å². The highest BCUT2D eigenvalue weighted by molar-refractivity contribution is 6.16. The molecule has 0 aromatic carbocycles. The van der Waals surface area contributed by atoms with Gasteiger partial charge in [-0.2, -0.15) is 0 Å². The van der Waals surface area contributed by atoms with Gasteiger partial charge in [0.15, 0.2) is 0 Å². The Hall–Kier alpha value is -0.540. The highest BCUT2D eigenvalue weighted by atomic mass is 35.5. The first-order chi connectivity index (χ1) is 7.31. The minimum absolute atomic E-state index is 0.552. The molecule has 1 aliphatic rings. The predicted octanol–water partition coefficient (Wildman–Crippen LogP) is 2.11. The second-order valence-corrected chi connectivity index (χ2v) is 4.57. The lowest BCUT2D eigenvalue weighted by Crippen LogP contribution is -2.39. The molecule has 0 bridgehead atoms. The second kappa shape index (κ2) is 4.99. The molecule has 0 aliphatic carbocycles. The molecule has 15 heavy (non-hydrogen) atoms. The molecule has 3 nitrogen and oxygen atoms in total. The lowest BCUT2D eigenvalue weighted by molar-refractivity contribution is 0.167. The van der Waals surface area contributed by atoms with Gasteiger partial charge >= 0.3 is 0 Å². The third-order valence-corrected chi connectivity index (χ3v) is 3.54. The molecule has 4 heteroatoms. The molecule has 2 rings (SSSR count). The van der Waals surface area contributed by atoms with Gasteiger partial charge in [0.2, 0.25) is 0 Å². The van der Waals surface area contributed by atoms with Crippen molar-refractivity contribution >= 4 is 11.6 Å². The molecule has 2 heterocycles. The fourth-order valence-corrected chi connectivity index (χ4v) is 2.45. The maximum absolute atomic E-state index is 5.85. The lowest BCUT2D eigenvalue weighted by atomic mass is 10.0. The average molecular weight is 228 g/mol. The van der Waals surface area contributed by atoms with E-state index in [1.54, 1.807) is 0 Å². The van der Waals surface area contributed by atoms with Crippen LogP contribution < -0.4 is 0 Å². The molecule has 1 aromatic heterocycles. The van der Waals surface area contributed by atoms with Crippen molar-refractivity contribution < 1.29 is 0 Å². The van der Waals surface area contributed by atoms with Gasteiger partial charge in [0.05, 0.1) is 17.9 Å². The lowest BCUT2D eigenvalue weighted by Gasteiger charge is -2.32. The topological polar surface area (TPSA) is 21.1 Å². The van der Waals surface area contributed by atoms with Crippen LogP contribution in [0.15, 0.2) is 12.5 Å². The Kier molecular flexibility index (Phi) is 3.65. The summed E-state index contributed by atoms with van der Waals surface area (Å²) in [6, 6.07) is 0.648. The van der Waals surface area contributed by atoms with Gasteiger partial charge in [0, 0.05) is 18.8 Å². The van der Waals surface area contributed by atoms with Gasteiger partial charge in [0.25, 0.3) is 0 Å². The Morgan fingerprint density at radius 1 is 1.53 bits per heavy atom. The zero-order valence-corrected chi connectivity index (χ0v) is 9.95. The summed E-state index contributed by atoms with van der Waals surface area (Å²) < 4.78 is 2.18. The number of piperidine rings is 1. The molecule has 1 unspecified atom stereocenters. The molecule has 0 saturated carbocycles. The van der Waals surface area contributed by atoms with Gasteiger partial charge in [-0.15, -0.1) is 11.6 Å². The summed E-state index contributed by atoms with van der Waals surface area (Å²) in [5, 5.41) is 0. The molecule has 0 radical (unpaired) electrons. The summed E-state index contributed by atoms with van der Waals surface area (Å²) >= 11 is 5.85. The summed E-state index contributed by atoms with van der Waals surface area (Å²) in [7, 11) is 2.21. The van der Waals surface area contributed by atoms with E-state index in [4.69, 9.17) is 11.6 Å². The number of alkyl halides is 1. The molecule has 0 amide bonds. The highest BCUT2D eigenvalue weighted by Crippen LogP contribution is 2.17. The van der Waals surface area contributed by atoms with Crippen molar-refractivity contribution in [1.29, 1.82) is 0 Å². The molecule has 1 fully saturated rings. The fourth-order valence-electron chi connectivity index (χ4n) is 2.23. The Morgan fingerprint density at radius 3 is 3.13 bits per heavy atom. The highest BCUT2D eigenvalue weighted by Gasteiger charge is 2.19. The standard InChI is InChI=1S/C11H18ClN3/c1-14-5-3-2-4-10(14)8-15-9-13-7-11(15)6-12/h7,9-10H,2-6,8H2,1H3. The van der Waals surface area contributed by atoms with Gasteiger partial charge in [-0.25, -0.2) is 4.98 Å². The van der Waals surface area contributed by atoms with E-state index in [0.717, 1.165) is 12.2 Å². The number of rotatable bonds is 3. The number of nitrogens with zero attached hydrogens (tertiary/aromatic N) is 3. The second-order valence-electron chi connectivity index (χ2n) is 4.30. The van der Waals surface area contributed by atoms with E-state index in [9.17, 15) is 0 Å². The first-order valence-electron chi connectivity index (χ1n) is 5.56. The third kappa shape index (κ3) is 2.52. The summed E-state index contributed by atoms with van der Waals surface area (Å²) in [6.45, 7) is 2.24. The van der Waals surface area contributed by atoms with Crippen molar-refractivity contribution in [3.63, 3.8) is 0 Å². The summed E-state index contributed by atoms with van der Waals surface area (Å²) in [4.78, 5) is 6.59. The normalized spacial score (nSPS) is 23.2. The zero-order valence-electron chi connectivity index (χ0n) is 9.19. The van der Waals surface area contributed by atoms with Gasteiger partial charge < -0.3 is 9.47 Å². The van der Waals surface area contributed by atoms with Crippen LogP contribution in [0.2, 0.25) is 0 Å². The van der Waals surface area contributed by atoms with Gasteiger partial charge in [-0.1, -0.05) is 6.42 Å². The summed E-state index contributed by atoms with van der Waals surface area (Å²) in [5.41, 5.74) is 1.12. The molecule has 0 N–H and O–H groups in total. The van der Waals surface area contributed by atoms with Crippen LogP contribution >= 0.6 is 11.6 Å². The number of hydrogen-bond donors (Lipinski definition) is 0. The van der Waals surface area contributed by atoms with Crippen LogP contribution in [0.3, 0.4) is 0 Å². The molecule has 1 aliphatic heterocycles. The Morgan fingerprint density at radius 2 is 2.40 bits per heavy atom. The Bertz CT molecular complexity index is 311. The largest absolute Gasteiger partial charge is 0.332 e. The van der Waals surface area contributed by atoms with Crippen LogP contribution in [-0.4, -0.2) is 34.1 Å². The zero-order chi connectivity index (χ0) is 10.7. The van der Waals surface area contributed by atoms with E-state index < -0.39 is 0 Å². The van der Waals surface area contributed by atoms with E-state index in [1.165, 1.54) is 25.8 Å². The molecule has 1 saturated heterocycles. The minimum atomic E-state index is 0.552. The minimum Gasteiger partial charge on any atom is -0.332 e. The third-order valence-electron chi connectivity index (χ3n) is 3.26. The van der Waals surface area contributed by atoms with Crippen molar-refractivity contribution in [2.24, 2.45) is 0 Å². The summed E-state index contributed by atoms with van der Waals surface area (Å²) in [6.07, 6.45) is 7.71. The van der Waals surface area contributed by atoms with Crippen LogP contribution in [0.4, 0.5) is 0 Å². The van der Waals surface area contributed by atoms with Crippen LogP contribution in [0, 0.1) is 0 Å². The van der Waals surface area contributed by atoms with Crippen molar-refractivity contribution in [1.82, 2.24) is 14.5 Å². The molecule has 84 valence electrons. The molecular formula is C11H18ClN3. The number of aromatic nitrogens is 2. The van der Waals surface area contributed by atoms with Crippen LogP contribution in [0.1, 0.15) is 25.0 Å².